The third-order valence-corrected chi connectivity index (χ3v) is 21.1. The van der Waals surface area contributed by atoms with Crippen molar-refractivity contribution in [1.29, 1.82) is 0 Å². The smallest absolute Gasteiger partial charge is 0.0207 e. The summed E-state index contributed by atoms with van der Waals surface area (Å²) in [5.41, 5.74) is 4.50. The Morgan fingerprint density at radius 3 is 1.05 bits per heavy atom. The molecule has 4 saturated carbocycles. The van der Waals surface area contributed by atoms with Gasteiger partial charge in [-0.2, -0.15) is 0 Å². The molecule has 0 N–H and O–H groups in total. The largest absolute Gasteiger partial charge is 0.1000 e. The maximum absolute atomic E-state index is 2.53. The Balaban J connectivity index is 1.27. The van der Waals surface area contributed by atoms with E-state index in [4.69, 9.17) is 0 Å². The zero-order chi connectivity index (χ0) is 25.1. The standard InChI is InChI=1S/C34H57P3/c1-6-16-30(17-7-1)35(26-28-36(31-18-8-2-9-19-31)32-20-10-3-11-21-32)27-29-37(33-22-12-4-13-23-33)34-24-14-5-15-25-34/h1,6-7,16-17,31-34H,2-5,8-15,18-29H2. The molecule has 0 heterocycles. The van der Waals surface area contributed by atoms with E-state index in [-0.39, 0.29) is 23.8 Å². The Labute approximate surface area is 234 Å². The van der Waals surface area contributed by atoms with E-state index in [9.17, 15) is 0 Å². The van der Waals surface area contributed by atoms with E-state index in [2.05, 4.69) is 30.3 Å². The van der Waals surface area contributed by atoms with E-state index in [1.807, 2.05) is 0 Å². The van der Waals surface area contributed by atoms with Gasteiger partial charge in [-0.25, -0.2) is 0 Å². The van der Waals surface area contributed by atoms with Gasteiger partial charge in [0.1, 0.15) is 0 Å². The first kappa shape index (κ1) is 29.0. The van der Waals surface area contributed by atoms with Gasteiger partial charge < -0.3 is 0 Å². The molecule has 4 aliphatic carbocycles. The van der Waals surface area contributed by atoms with Crippen LogP contribution in [0.25, 0.3) is 0 Å². The molecule has 0 aliphatic heterocycles. The summed E-state index contributed by atoms with van der Waals surface area (Å²) < 4.78 is 0. The molecule has 0 aromatic heterocycles. The average molecular weight is 559 g/mol. The van der Waals surface area contributed by atoms with Crippen molar-refractivity contribution in [2.45, 2.75) is 151 Å². The van der Waals surface area contributed by atoms with E-state index in [0.717, 1.165) is 22.6 Å². The molecule has 0 unspecified atom stereocenters. The van der Waals surface area contributed by atoms with Gasteiger partial charge in [0.25, 0.3) is 0 Å². The van der Waals surface area contributed by atoms with Gasteiger partial charge in [0.15, 0.2) is 0 Å². The molecule has 0 spiro atoms. The van der Waals surface area contributed by atoms with Crippen LogP contribution >= 0.6 is 23.8 Å². The van der Waals surface area contributed by atoms with Crippen LogP contribution in [0.15, 0.2) is 30.3 Å². The van der Waals surface area contributed by atoms with E-state index in [0.29, 0.717) is 0 Å². The quantitative estimate of drug-likeness (QED) is 0.237. The molecule has 0 saturated heterocycles. The van der Waals surface area contributed by atoms with Gasteiger partial charge in [-0.3, -0.25) is 0 Å². The second kappa shape index (κ2) is 16.1. The fourth-order valence-electron chi connectivity index (χ4n) is 8.46. The molecular weight excluding hydrogens is 501 g/mol. The summed E-state index contributed by atoms with van der Waals surface area (Å²) in [6, 6.07) is 12.0. The summed E-state index contributed by atoms with van der Waals surface area (Å²) in [5, 5.41) is 1.75. The Morgan fingerprint density at radius 1 is 0.405 bits per heavy atom. The van der Waals surface area contributed by atoms with Gasteiger partial charge in [-0.05, 0) is 104 Å². The fourth-order valence-corrected chi connectivity index (χ4v) is 20.3. The van der Waals surface area contributed by atoms with Crippen molar-refractivity contribution in [2.24, 2.45) is 0 Å². The molecular formula is C34H57P3. The summed E-state index contributed by atoms with van der Waals surface area (Å²) in [6.45, 7) is 0. The molecule has 0 nitrogen and oxygen atoms in total. The molecule has 37 heavy (non-hydrogen) atoms. The van der Waals surface area contributed by atoms with Gasteiger partial charge in [0, 0.05) is 0 Å². The van der Waals surface area contributed by atoms with Crippen molar-refractivity contribution >= 4 is 29.1 Å². The normalized spacial score (nSPS) is 23.9. The molecule has 4 aliphatic rings. The van der Waals surface area contributed by atoms with Gasteiger partial charge in [-0.1, -0.05) is 131 Å². The van der Waals surface area contributed by atoms with E-state index >= 15 is 0 Å². The van der Waals surface area contributed by atoms with Crippen LogP contribution in [-0.2, 0) is 0 Å². The summed E-state index contributed by atoms with van der Waals surface area (Å²) in [6.07, 6.45) is 37.4. The topological polar surface area (TPSA) is 0 Å². The van der Waals surface area contributed by atoms with Crippen molar-refractivity contribution < 1.29 is 0 Å². The summed E-state index contributed by atoms with van der Waals surface area (Å²) in [4.78, 5) is 0. The highest BCUT2D eigenvalue weighted by Crippen LogP contribution is 2.59. The molecule has 0 radical (unpaired) electrons. The van der Waals surface area contributed by atoms with E-state index in [1.54, 1.807) is 81.3 Å². The molecule has 4 fully saturated rings. The number of benzene rings is 1. The highest BCUT2D eigenvalue weighted by molar-refractivity contribution is 7.68. The lowest BCUT2D eigenvalue weighted by Crippen LogP contribution is -2.24. The summed E-state index contributed by atoms with van der Waals surface area (Å²) in [5.74, 6) is 0. The minimum Gasteiger partial charge on any atom is -0.1000 e. The minimum atomic E-state index is 0.0275. The summed E-state index contributed by atoms with van der Waals surface area (Å²) in [7, 11) is 0.530. The Morgan fingerprint density at radius 2 is 0.730 bits per heavy atom. The summed E-state index contributed by atoms with van der Waals surface area (Å²) >= 11 is 0. The van der Waals surface area contributed by atoms with Crippen LogP contribution < -0.4 is 5.30 Å². The lowest BCUT2D eigenvalue weighted by Gasteiger charge is -2.40. The van der Waals surface area contributed by atoms with Crippen LogP contribution in [0.1, 0.15) is 128 Å². The van der Waals surface area contributed by atoms with Crippen LogP contribution in [0.2, 0.25) is 0 Å². The Kier molecular flexibility index (Phi) is 12.6. The predicted molar refractivity (Wildman–Crippen MR) is 174 cm³/mol. The highest BCUT2D eigenvalue weighted by Gasteiger charge is 2.33. The first-order chi connectivity index (χ1) is 18.4. The molecule has 0 bridgehead atoms. The highest BCUT2D eigenvalue weighted by atomic mass is 31.1. The monoisotopic (exact) mass is 558 g/mol. The third kappa shape index (κ3) is 8.75. The van der Waals surface area contributed by atoms with E-state index < -0.39 is 0 Å². The van der Waals surface area contributed by atoms with Crippen LogP contribution in [0.5, 0.6) is 0 Å². The molecule has 0 amide bonds. The maximum atomic E-state index is 2.53. The molecule has 1 aromatic rings. The Hall–Kier alpha value is 0.510. The predicted octanol–water partition coefficient (Wildman–Crippen LogP) is 11.1. The lowest BCUT2D eigenvalue weighted by molar-refractivity contribution is 0.484. The third-order valence-electron chi connectivity index (χ3n) is 10.6. The molecule has 208 valence electrons. The molecule has 5 rings (SSSR count). The maximum Gasteiger partial charge on any atom is -0.0207 e. The second-order valence-electron chi connectivity index (χ2n) is 13.0. The van der Waals surface area contributed by atoms with Crippen LogP contribution in [-0.4, -0.2) is 47.3 Å². The number of hydrogen-bond donors (Lipinski definition) is 0. The molecule has 0 atom stereocenters. The SMILES string of the molecule is c1ccc(P(CCP(C2CCCCC2)C2CCCCC2)CCP(C2CCCCC2)C2CCCCC2)cc1. The van der Waals surface area contributed by atoms with Gasteiger partial charge in [0.05, 0.1) is 0 Å². The first-order valence-corrected chi connectivity index (χ1v) is 21.7. The zero-order valence-electron chi connectivity index (χ0n) is 24.0. The van der Waals surface area contributed by atoms with Gasteiger partial charge >= 0.3 is 0 Å². The minimum absolute atomic E-state index is 0.0275. The first-order valence-electron chi connectivity index (χ1n) is 16.7. The molecule has 3 heteroatoms. The van der Waals surface area contributed by atoms with E-state index in [1.165, 1.54) is 77.0 Å². The second-order valence-corrected chi connectivity index (χ2v) is 21.3. The Bertz CT molecular complexity index is 647. The van der Waals surface area contributed by atoms with Crippen molar-refractivity contribution in [3.63, 3.8) is 0 Å². The van der Waals surface area contributed by atoms with Crippen molar-refractivity contribution in [2.75, 3.05) is 24.6 Å². The van der Waals surface area contributed by atoms with Gasteiger partial charge in [0.2, 0.25) is 0 Å². The van der Waals surface area contributed by atoms with Gasteiger partial charge in [-0.15, -0.1) is 0 Å². The van der Waals surface area contributed by atoms with Crippen molar-refractivity contribution in [3.8, 4) is 0 Å². The molecule has 1 aromatic carbocycles. The van der Waals surface area contributed by atoms with Crippen LogP contribution in [0, 0.1) is 0 Å². The van der Waals surface area contributed by atoms with Crippen molar-refractivity contribution in [3.05, 3.63) is 30.3 Å². The fraction of sp³-hybridized carbons (Fsp3) is 0.824. The average Bonchev–Trinajstić information content (AvgIpc) is 2.99. The van der Waals surface area contributed by atoms with Crippen LogP contribution in [0.4, 0.5) is 0 Å². The lowest BCUT2D eigenvalue weighted by atomic mass is 9.99. The zero-order valence-corrected chi connectivity index (χ0v) is 26.7. The van der Waals surface area contributed by atoms with Crippen LogP contribution in [0.3, 0.4) is 0 Å². The number of rotatable bonds is 11. The number of hydrogen-bond acceptors (Lipinski definition) is 0. The van der Waals surface area contributed by atoms with Crippen molar-refractivity contribution in [1.82, 2.24) is 0 Å².